The Kier molecular flexibility index (Phi) is 4.76. The van der Waals surface area contributed by atoms with Crippen LogP contribution in [0.5, 0.6) is 0 Å². The molecule has 2 aromatic rings. The summed E-state index contributed by atoms with van der Waals surface area (Å²) in [5, 5.41) is 2.57. The molecule has 0 N–H and O–H groups in total. The van der Waals surface area contributed by atoms with Crippen LogP contribution in [0.1, 0.15) is 36.8 Å². The highest BCUT2D eigenvalue weighted by atomic mass is 14.0. The summed E-state index contributed by atoms with van der Waals surface area (Å²) in [6, 6.07) is 13.0. The van der Waals surface area contributed by atoms with Crippen molar-refractivity contribution in [1.29, 1.82) is 0 Å². The lowest BCUT2D eigenvalue weighted by atomic mass is 9.99. The zero-order chi connectivity index (χ0) is 15.0. The summed E-state index contributed by atoms with van der Waals surface area (Å²) in [6.45, 7) is 0. The van der Waals surface area contributed by atoms with Crippen molar-refractivity contribution in [3.63, 3.8) is 0 Å². The van der Waals surface area contributed by atoms with Crippen LogP contribution in [-0.4, -0.2) is 0 Å². The van der Waals surface area contributed by atoms with Gasteiger partial charge in [0.25, 0.3) is 0 Å². The first-order valence-corrected chi connectivity index (χ1v) is 7.75. The molecule has 3 rings (SSSR count). The Bertz CT molecular complexity index is 770. The first kappa shape index (κ1) is 14.2. The van der Waals surface area contributed by atoms with Crippen LogP contribution in [0, 0.1) is 23.7 Å². The van der Waals surface area contributed by atoms with Gasteiger partial charge in [-0.1, -0.05) is 60.4 Å². The van der Waals surface area contributed by atoms with E-state index in [1.54, 1.807) is 0 Å². The molecular formula is C22H18. The zero-order valence-electron chi connectivity index (χ0n) is 12.6. The third kappa shape index (κ3) is 3.69. The molecule has 0 fully saturated rings. The summed E-state index contributed by atoms with van der Waals surface area (Å²) in [5.41, 5.74) is 2.54. The van der Waals surface area contributed by atoms with E-state index < -0.39 is 0 Å². The minimum Gasteiger partial charge on any atom is -0.0888 e. The van der Waals surface area contributed by atoms with Crippen molar-refractivity contribution in [3.05, 3.63) is 59.7 Å². The van der Waals surface area contributed by atoms with Gasteiger partial charge in [0.1, 0.15) is 0 Å². The lowest BCUT2D eigenvalue weighted by Gasteiger charge is -2.05. The van der Waals surface area contributed by atoms with E-state index in [-0.39, 0.29) is 0 Å². The quantitative estimate of drug-likeness (QED) is 0.564. The topological polar surface area (TPSA) is 0 Å². The Balaban J connectivity index is 2.00. The van der Waals surface area contributed by atoms with Crippen LogP contribution >= 0.6 is 0 Å². The molecule has 0 heterocycles. The van der Waals surface area contributed by atoms with Crippen LogP contribution in [-0.2, 0) is 0 Å². The molecule has 1 aliphatic carbocycles. The first-order chi connectivity index (χ1) is 10.9. The second-order valence-corrected chi connectivity index (χ2v) is 5.31. The normalized spacial score (nSPS) is 17.1. The highest BCUT2D eigenvalue weighted by Gasteiger charge is 2.00. The van der Waals surface area contributed by atoms with Crippen molar-refractivity contribution in [1.82, 2.24) is 0 Å². The zero-order valence-corrected chi connectivity index (χ0v) is 12.6. The Morgan fingerprint density at radius 2 is 1.18 bits per heavy atom. The number of hydrogen-bond donors (Lipinski definition) is 0. The molecule has 0 atom stereocenters. The number of hydrogen-bond acceptors (Lipinski definition) is 0. The Hall–Kier alpha value is -2.70. The van der Waals surface area contributed by atoms with Crippen LogP contribution < -0.4 is 0 Å². The maximum Gasteiger partial charge on any atom is 0.0134 e. The van der Waals surface area contributed by atoms with Gasteiger partial charge in [0.05, 0.1) is 0 Å². The van der Waals surface area contributed by atoms with Gasteiger partial charge in [-0.25, -0.2) is 0 Å². The van der Waals surface area contributed by atoms with Crippen LogP contribution in [0.2, 0.25) is 0 Å². The molecule has 0 bridgehead atoms. The molecular weight excluding hydrogens is 264 g/mol. The van der Waals surface area contributed by atoms with Crippen LogP contribution in [0.4, 0.5) is 0 Å². The third-order valence-corrected chi connectivity index (χ3v) is 3.66. The molecule has 0 saturated heterocycles. The molecule has 0 unspecified atom stereocenters. The van der Waals surface area contributed by atoms with E-state index in [0.717, 1.165) is 25.7 Å². The molecule has 0 aromatic heterocycles. The molecule has 0 aliphatic heterocycles. The number of fused-ring (bicyclic) bond motifs is 2. The van der Waals surface area contributed by atoms with Gasteiger partial charge in [-0.2, -0.15) is 0 Å². The van der Waals surface area contributed by atoms with Crippen LogP contribution in [0.25, 0.3) is 22.9 Å². The van der Waals surface area contributed by atoms with Crippen molar-refractivity contribution in [2.45, 2.75) is 25.7 Å². The molecule has 0 spiro atoms. The van der Waals surface area contributed by atoms with Gasteiger partial charge in [0.15, 0.2) is 0 Å². The van der Waals surface area contributed by atoms with Gasteiger partial charge < -0.3 is 0 Å². The largest absolute Gasteiger partial charge is 0.0888 e. The second kappa shape index (κ2) is 7.35. The van der Waals surface area contributed by atoms with Crippen molar-refractivity contribution >= 4 is 22.9 Å². The van der Waals surface area contributed by atoms with E-state index >= 15 is 0 Å². The molecule has 0 nitrogen and oxygen atoms in total. The van der Waals surface area contributed by atoms with Crippen LogP contribution in [0.15, 0.2) is 48.6 Å². The summed E-state index contributed by atoms with van der Waals surface area (Å²) in [6.07, 6.45) is 12.5. The summed E-state index contributed by atoms with van der Waals surface area (Å²) >= 11 is 0. The van der Waals surface area contributed by atoms with E-state index in [1.807, 2.05) is 0 Å². The summed E-state index contributed by atoms with van der Waals surface area (Å²) in [7, 11) is 0. The maximum absolute atomic E-state index is 3.10. The monoisotopic (exact) mass is 282 g/mol. The number of benzene rings is 2. The molecule has 0 radical (unpaired) electrons. The van der Waals surface area contributed by atoms with Gasteiger partial charge in [-0.15, -0.1) is 0 Å². The van der Waals surface area contributed by atoms with E-state index in [2.05, 4.69) is 84.4 Å². The lowest BCUT2D eigenvalue weighted by molar-refractivity contribution is 1.09. The Morgan fingerprint density at radius 3 is 1.68 bits per heavy atom. The Morgan fingerprint density at radius 1 is 0.682 bits per heavy atom. The predicted octanol–water partition coefficient (Wildman–Crippen LogP) is 5.45. The fourth-order valence-corrected chi connectivity index (χ4v) is 2.51. The molecule has 0 heteroatoms. The van der Waals surface area contributed by atoms with Gasteiger partial charge in [-0.3, -0.25) is 0 Å². The lowest BCUT2D eigenvalue weighted by Crippen LogP contribution is -1.83. The fourth-order valence-electron chi connectivity index (χ4n) is 2.51. The molecule has 2 aromatic carbocycles. The second-order valence-electron chi connectivity index (χ2n) is 5.31. The molecule has 0 amide bonds. The van der Waals surface area contributed by atoms with E-state index in [4.69, 9.17) is 0 Å². The van der Waals surface area contributed by atoms with Gasteiger partial charge in [0.2, 0.25) is 0 Å². The van der Waals surface area contributed by atoms with Crippen molar-refractivity contribution in [2.24, 2.45) is 0 Å². The minimum absolute atomic E-state index is 0.865. The summed E-state index contributed by atoms with van der Waals surface area (Å²) in [4.78, 5) is 0. The molecule has 106 valence electrons. The molecule has 0 saturated carbocycles. The van der Waals surface area contributed by atoms with E-state index in [1.165, 1.54) is 21.9 Å². The molecule has 22 heavy (non-hydrogen) atoms. The van der Waals surface area contributed by atoms with E-state index in [0.29, 0.717) is 0 Å². The number of rotatable bonds is 0. The van der Waals surface area contributed by atoms with Crippen LogP contribution in [0.3, 0.4) is 0 Å². The van der Waals surface area contributed by atoms with Gasteiger partial charge in [-0.05, 0) is 58.7 Å². The van der Waals surface area contributed by atoms with Gasteiger partial charge >= 0.3 is 0 Å². The SMILES string of the molecule is C1#CCC/C=C/c2cc3ccccc3cc2/C=C/CCC#C1. The highest BCUT2D eigenvalue weighted by Crippen LogP contribution is 2.23. The third-order valence-electron chi connectivity index (χ3n) is 3.66. The van der Waals surface area contributed by atoms with Crippen molar-refractivity contribution < 1.29 is 0 Å². The van der Waals surface area contributed by atoms with Gasteiger partial charge in [0, 0.05) is 12.8 Å². The average molecular weight is 282 g/mol. The fraction of sp³-hybridized carbons (Fsp3) is 0.182. The average Bonchev–Trinajstić information content (AvgIpc) is 2.55. The molecule has 1 aliphatic rings. The first-order valence-electron chi connectivity index (χ1n) is 7.75. The predicted molar refractivity (Wildman–Crippen MR) is 96.0 cm³/mol. The van der Waals surface area contributed by atoms with E-state index in [9.17, 15) is 0 Å². The summed E-state index contributed by atoms with van der Waals surface area (Å²) in [5.74, 6) is 12.0. The standard InChI is InChI=1S/C22H18/c1-2-4-6-8-10-14-20-18-22-16-12-11-15-21(22)17-19(20)13-9-7-5-3-1/h9-18H,5-8H2/b13-9+,14-10+. The Labute approximate surface area is 132 Å². The highest BCUT2D eigenvalue weighted by molar-refractivity contribution is 5.88. The summed E-state index contributed by atoms with van der Waals surface area (Å²) < 4.78 is 0. The minimum atomic E-state index is 0.865. The van der Waals surface area contributed by atoms with Crippen molar-refractivity contribution in [2.75, 3.05) is 0 Å². The smallest absolute Gasteiger partial charge is 0.0134 e. The number of allylic oxidation sites excluding steroid dienone is 2. The maximum atomic E-state index is 3.10. The van der Waals surface area contributed by atoms with Crippen molar-refractivity contribution in [3.8, 4) is 23.7 Å².